The van der Waals surface area contributed by atoms with Crippen LogP contribution in [0.15, 0.2) is 36.5 Å². The maximum absolute atomic E-state index is 11.8. The highest BCUT2D eigenvalue weighted by Crippen LogP contribution is 2.34. The van der Waals surface area contributed by atoms with Crippen LogP contribution in [0.5, 0.6) is 0 Å². The van der Waals surface area contributed by atoms with Gasteiger partial charge in [-0.3, -0.25) is 4.79 Å². The number of hydrogen-bond acceptors (Lipinski definition) is 5. The Morgan fingerprint density at radius 2 is 2.15 bits per heavy atom. The van der Waals surface area contributed by atoms with Gasteiger partial charge in [0.15, 0.2) is 5.82 Å². The molecule has 3 rings (SSSR count). The number of thiocarbonyl (C=S) groups is 1. The second-order valence-electron chi connectivity index (χ2n) is 4.28. The van der Waals surface area contributed by atoms with E-state index < -0.39 is 0 Å². The number of benzene rings is 1. The lowest BCUT2D eigenvalue weighted by Crippen LogP contribution is -2.36. The highest BCUT2D eigenvalue weighted by molar-refractivity contribution is 7.80. The molecule has 1 aliphatic heterocycles. The number of carbonyl (C=O) groups is 1. The normalized spacial score (nSPS) is 13.6. The summed E-state index contributed by atoms with van der Waals surface area (Å²) in [5, 5.41) is 10.8. The van der Waals surface area contributed by atoms with Crippen molar-refractivity contribution in [2.24, 2.45) is 5.73 Å². The molecule has 0 atom stereocenters. The Hall–Kier alpha value is -2.54. The second kappa shape index (κ2) is 4.86. The van der Waals surface area contributed by atoms with Crippen molar-refractivity contribution < 1.29 is 4.79 Å². The zero-order valence-electron chi connectivity index (χ0n) is 10.4. The van der Waals surface area contributed by atoms with E-state index in [0.29, 0.717) is 11.4 Å². The average molecular weight is 285 g/mol. The number of nitrogens with zero attached hydrogens (tertiary/aromatic N) is 3. The first-order valence-corrected chi connectivity index (χ1v) is 6.35. The summed E-state index contributed by atoms with van der Waals surface area (Å²) in [4.78, 5) is 13.8. The zero-order chi connectivity index (χ0) is 14.1. The summed E-state index contributed by atoms with van der Waals surface area (Å²) < 4.78 is 0. The van der Waals surface area contributed by atoms with E-state index in [1.165, 1.54) is 6.20 Å². The third-order valence-electron chi connectivity index (χ3n) is 2.99. The Balaban J connectivity index is 2.16. The Labute approximate surface area is 120 Å². The molecule has 3 N–H and O–H groups in total. The fraction of sp³-hybridized carbons (Fsp3) is 0.0769. The molecule has 0 bridgehead atoms. The third-order valence-corrected chi connectivity index (χ3v) is 3.21. The molecule has 0 radical (unpaired) electrons. The summed E-state index contributed by atoms with van der Waals surface area (Å²) in [5.41, 5.74) is 7.87. The lowest BCUT2D eigenvalue weighted by Gasteiger charge is -2.30. The molecular weight excluding hydrogens is 274 g/mol. The molecule has 1 aromatic carbocycles. The van der Waals surface area contributed by atoms with Crippen LogP contribution < -0.4 is 16.0 Å². The van der Waals surface area contributed by atoms with Gasteiger partial charge in [0.25, 0.3) is 0 Å². The monoisotopic (exact) mass is 285 g/mol. The van der Waals surface area contributed by atoms with Gasteiger partial charge in [-0.2, -0.15) is 5.10 Å². The lowest BCUT2D eigenvalue weighted by atomic mass is 10.1. The average Bonchev–Trinajstić information content (AvgIpc) is 2.46. The van der Waals surface area contributed by atoms with E-state index in [9.17, 15) is 4.79 Å². The Kier molecular flexibility index (Phi) is 3.03. The van der Waals surface area contributed by atoms with Gasteiger partial charge >= 0.3 is 0 Å². The minimum absolute atomic E-state index is 0.122. The Morgan fingerprint density at radius 3 is 2.95 bits per heavy atom. The molecule has 7 heteroatoms. The molecule has 6 nitrogen and oxygen atoms in total. The first kappa shape index (κ1) is 12.5. The van der Waals surface area contributed by atoms with Gasteiger partial charge in [-0.25, -0.2) is 0 Å². The van der Waals surface area contributed by atoms with E-state index in [1.807, 2.05) is 24.3 Å². The number of nitrogens with two attached hydrogens (primary N) is 1. The number of hydrogen-bond donors (Lipinski definition) is 2. The van der Waals surface area contributed by atoms with Crippen LogP contribution in [-0.2, 0) is 4.79 Å². The van der Waals surface area contributed by atoms with E-state index in [2.05, 4.69) is 15.5 Å². The van der Waals surface area contributed by atoms with Crippen molar-refractivity contribution in [2.45, 2.75) is 0 Å². The minimum atomic E-state index is -0.122. The van der Waals surface area contributed by atoms with Gasteiger partial charge in [-0.05, 0) is 18.2 Å². The molecule has 0 aliphatic carbocycles. The maximum atomic E-state index is 11.8. The summed E-state index contributed by atoms with van der Waals surface area (Å²) in [6, 6.07) is 9.16. The summed E-state index contributed by atoms with van der Waals surface area (Å²) in [6.07, 6.45) is 1.52. The van der Waals surface area contributed by atoms with Crippen LogP contribution in [0.2, 0.25) is 0 Å². The minimum Gasteiger partial charge on any atom is -0.389 e. The van der Waals surface area contributed by atoms with E-state index in [1.54, 1.807) is 11.0 Å². The molecule has 0 saturated carbocycles. The van der Waals surface area contributed by atoms with Crippen molar-refractivity contribution in [1.82, 2.24) is 10.2 Å². The third kappa shape index (κ3) is 2.08. The number of amides is 1. The van der Waals surface area contributed by atoms with Crippen LogP contribution >= 0.6 is 12.2 Å². The first-order valence-electron chi connectivity index (χ1n) is 5.95. The van der Waals surface area contributed by atoms with Gasteiger partial charge in [0.2, 0.25) is 5.91 Å². The number of nitrogens with one attached hydrogen (secondary N) is 1. The van der Waals surface area contributed by atoms with Crippen LogP contribution in [0.4, 0.5) is 17.2 Å². The van der Waals surface area contributed by atoms with Crippen LogP contribution in [0, 0.1) is 0 Å². The molecule has 2 aromatic rings. The number of para-hydroxylation sites is 2. The molecule has 0 unspecified atom stereocenters. The highest BCUT2D eigenvalue weighted by Gasteiger charge is 2.26. The van der Waals surface area contributed by atoms with Gasteiger partial charge in [0.1, 0.15) is 11.5 Å². The van der Waals surface area contributed by atoms with E-state index >= 15 is 0 Å². The Morgan fingerprint density at radius 1 is 1.35 bits per heavy atom. The molecule has 20 heavy (non-hydrogen) atoms. The molecule has 0 spiro atoms. The fourth-order valence-corrected chi connectivity index (χ4v) is 2.30. The van der Waals surface area contributed by atoms with Crippen LogP contribution in [0.3, 0.4) is 0 Å². The molecular formula is C13H11N5OS. The van der Waals surface area contributed by atoms with Crippen molar-refractivity contribution >= 4 is 40.3 Å². The van der Waals surface area contributed by atoms with Crippen molar-refractivity contribution in [1.29, 1.82) is 0 Å². The largest absolute Gasteiger partial charge is 0.389 e. The smallest absolute Gasteiger partial charge is 0.244 e. The van der Waals surface area contributed by atoms with E-state index in [4.69, 9.17) is 18.0 Å². The quantitative estimate of drug-likeness (QED) is 0.807. The molecule has 0 fully saturated rings. The van der Waals surface area contributed by atoms with Gasteiger partial charge < -0.3 is 16.0 Å². The fourth-order valence-electron chi connectivity index (χ4n) is 2.14. The topological polar surface area (TPSA) is 84.1 Å². The standard InChI is InChI=1S/C13H11N5OS/c14-12(20)8-5-6-15-17-13(8)18-7-11(19)16-9-3-1-2-4-10(9)18/h1-6H,7H2,(H2,14,20)(H,16,19). The van der Waals surface area contributed by atoms with Gasteiger partial charge in [0.05, 0.1) is 23.1 Å². The van der Waals surface area contributed by atoms with Crippen molar-refractivity contribution in [3.05, 3.63) is 42.1 Å². The number of carbonyl (C=O) groups excluding carboxylic acids is 1. The summed E-state index contributed by atoms with van der Waals surface area (Å²) in [7, 11) is 0. The molecule has 2 heterocycles. The lowest BCUT2D eigenvalue weighted by molar-refractivity contribution is -0.115. The molecule has 1 aromatic heterocycles. The van der Waals surface area contributed by atoms with Crippen molar-refractivity contribution in [3.8, 4) is 0 Å². The zero-order valence-corrected chi connectivity index (χ0v) is 11.2. The van der Waals surface area contributed by atoms with Crippen molar-refractivity contribution in [2.75, 3.05) is 16.8 Å². The van der Waals surface area contributed by atoms with Crippen molar-refractivity contribution in [3.63, 3.8) is 0 Å². The highest BCUT2D eigenvalue weighted by atomic mass is 32.1. The Bertz CT molecular complexity index is 703. The predicted molar refractivity (Wildman–Crippen MR) is 80.0 cm³/mol. The van der Waals surface area contributed by atoms with E-state index in [0.717, 1.165) is 11.4 Å². The molecule has 0 saturated heterocycles. The number of aromatic nitrogens is 2. The summed E-state index contributed by atoms with van der Waals surface area (Å²) >= 11 is 5.03. The molecule has 1 amide bonds. The summed E-state index contributed by atoms with van der Waals surface area (Å²) in [6.45, 7) is 0.144. The molecule has 1 aliphatic rings. The summed E-state index contributed by atoms with van der Waals surface area (Å²) in [5.74, 6) is 0.366. The van der Waals surface area contributed by atoms with Crippen LogP contribution in [0.25, 0.3) is 0 Å². The second-order valence-corrected chi connectivity index (χ2v) is 4.72. The number of rotatable bonds is 2. The number of fused-ring (bicyclic) bond motifs is 1. The van der Waals surface area contributed by atoms with E-state index in [-0.39, 0.29) is 17.4 Å². The predicted octanol–water partition coefficient (Wildman–Crippen LogP) is 1.20. The molecule has 100 valence electrons. The van der Waals surface area contributed by atoms with Gasteiger partial charge in [-0.15, -0.1) is 5.10 Å². The SMILES string of the molecule is NC(=S)c1ccnnc1N1CC(=O)Nc2ccccc21. The van der Waals surface area contributed by atoms with Crippen LogP contribution in [-0.4, -0.2) is 27.6 Å². The maximum Gasteiger partial charge on any atom is 0.244 e. The van der Waals surface area contributed by atoms with Gasteiger partial charge in [0, 0.05) is 0 Å². The first-order chi connectivity index (χ1) is 9.66. The van der Waals surface area contributed by atoms with Crippen LogP contribution in [0.1, 0.15) is 5.56 Å². The van der Waals surface area contributed by atoms with Gasteiger partial charge in [-0.1, -0.05) is 24.4 Å². The number of anilines is 3.